The van der Waals surface area contributed by atoms with Gasteiger partial charge in [-0.3, -0.25) is 0 Å². The van der Waals surface area contributed by atoms with Crippen LogP contribution in [0.1, 0.15) is 24.8 Å². The first-order valence-corrected chi connectivity index (χ1v) is 6.85. The predicted molar refractivity (Wildman–Crippen MR) is 76.0 cm³/mol. The van der Waals surface area contributed by atoms with Gasteiger partial charge >= 0.3 is 0 Å². The molecule has 0 amide bonds. The Morgan fingerprint density at radius 1 is 1.40 bits per heavy atom. The molecule has 1 aromatic rings. The van der Waals surface area contributed by atoms with Crippen molar-refractivity contribution < 1.29 is 19.3 Å². The SMILES string of the molecule is COc1ccc(OCC2CCCCO2)c(C#CCO)c1. The maximum absolute atomic E-state index is 8.81. The first-order valence-electron chi connectivity index (χ1n) is 6.85. The van der Waals surface area contributed by atoms with Crippen LogP contribution in [0.25, 0.3) is 0 Å². The summed E-state index contributed by atoms with van der Waals surface area (Å²) in [6.45, 7) is 1.16. The zero-order chi connectivity index (χ0) is 14.2. The average molecular weight is 276 g/mol. The highest BCUT2D eigenvalue weighted by Gasteiger charge is 2.15. The lowest BCUT2D eigenvalue weighted by Crippen LogP contribution is -2.25. The van der Waals surface area contributed by atoms with Crippen LogP contribution in [-0.4, -0.2) is 38.1 Å². The van der Waals surface area contributed by atoms with Crippen LogP contribution in [0.5, 0.6) is 11.5 Å². The van der Waals surface area contributed by atoms with Crippen LogP contribution in [0, 0.1) is 11.8 Å². The molecule has 1 unspecified atom stereocenters. The lowest BCUT2D eigenvalue weighted by atomic mass is 10.1. The predicted octanol–water partition coefficient (Wildman–Crippen LogP) is 1.99. The van der Waals surface area contributed by atoms with Gasteiger partial charge in [0.2, 0.25) is 0 Å². The van der Waals surface area contributed by atoms with E-state index in [2.05, 4.69) is 11.8 Å². The Hall–Kier alpha value is -1.70. The Kier molecular flexibility index (Phi) is 5.72. The van der Waals surface area contributed by atoms with Crippen LogP contribution in [0.2, 0.25) is 0 Å². The monoisotopic (exact) mass is 276 g/mol. The quantitative estimate of drug-likeness (QED) is 0.854. The van der Waals surface area contributed by atoms with Crippen molar-refractivity contribution in [1.29, 1.82) is 0 Å². The molecule has 1 fully saturated rings. The molecule has 1 heterocycles. The number of hydrogen-bond donors (Lipinski definition) is 1. The van der Waals surface area contributed by atoms with Gasteiger partial charge in [0.1, 0.15) is 24.7 Å². The number of aliphatic hydroxyl groups is 1. The fraction of sp³-hybridized carbons (Fsp3) is 0.500. The number of rotatable bonds is 4. The van der Waals surface area contributed by atoms with Gasteiger partial charge in [-0.15, -0.1) is 0 Å². The summed E-state index contributed by atoms with van der Waals surface area (Å²) in [4.78, 5) is 0. The topological polar surface area (TPSA) is 47.9 Å². The summed E-state index contributed by atoms with van der Waals surface area (Å²) < 4.78 is 16.6. The molecule has 0 aliphatic carbocycles. The minimum atomic E-state index is -0.178. The van der Waals surface area contributed by atoms with Gasteiger partial charge < -0.3 is 19.3 Å². The Labute approximate surface area is 119 Å². The lowest BCUT2D eigenvalue weighted by Gasteiger charge is -2.23. The molecular weight excluding hydrogens is 256 g/mol. The van der Waals surface area contributed by atoms with E-state index in [-0.39, 0.29) is 12.7 Å². The molecule has 1 N–H and O–H groups in total. The maximum atomic E-state index is 8.81. The fourth-order valence-corrected chi connectivity index (χ4v) is 2.12. The molecule has 4 heteroatoms. The summed E-state index contributed by atoms with van der Waals surface area (Å²) in [7, 11) is 1.61. The Bertz CT molecular complexity index is 481. The van der Waals surface area contributed by atoms with Crippen molar-refractivity contribution in [2.24, 2.45) is 0 Å². The minimum Gasteiger partial charge on any atom is -0.497 e. The number of aliphatic hydroxyl groups excluding tert-OH is 1. The minimum absolute atomic E-state index is 0.157. The molecule has 4 nitrogen and oxygen atoms in total. The van der Waals surface area contributed by atoms with Gasteiger partial charge in [-0.05, 0) is 37.5 Å². The van der Waals surface area contributed by atoms with Crippen molar-refractivity contribution in [3.8, 4) is 23.3 Å². The molecule has 1 saturated heterocycles. The van der Waals surface area contributed by atoms with Crippen LogP contribution in [0.3, 0.4) is 0 Å². The summed E-state index contributed by atoms with van der Waals surface area (Å²) in [5.74, 6) is 6.92. The van der Waals surface area contributed by atoms with E-state index < -0.39 is 0 Å². The highest BCUT2D eigenvalue weighted by atomic mass is 16.5. The first kappa shape index (κ1) is 14.7. The van der Waals surface area contributed by atoms with E-state index in [1.807, 2.05) is 12.1 Å². The van der Waals surface area contributed by atoms with Crippen molar-refractivity contribution in [3.05, 3.63) is 23.8 Å². The molecule has 0 saturated carbocycles. The smallest absolute Gasteiger partial charge is 0.135 e. The van der Waals surface area contributed by atoms with Crippen molar-refractivity contribution in [2.45, 2.75) is 25.4 Å². The number of hydrogen-bond acceptors (Lipinski definition) is 4. The number of ether oxygens (including phenoxy) is 3. The second-order valence-electron chi connectivity index (χ2n) is 4.62. The van der Waals surface area contributed by atoms with Crippen molar-refractivity contribution in [3.63, 3.8) is 0 Å². The fourth-order valence-electron chi connectivity index (χ4n) is 2.12. The van der Waals surface area contributed by atoms with Crippen molar-refractivity contribution in [2.75, 3.05) is 26.9 Å². The van der Waals surface area contributed by atoms with Crippen LogP contribution in [0.15, 0.2) is 18.2 Å². The van der Waals surface area contributed by atoms with E-state index in [4.69, 9.17) is 19.3 Å². The molecule has 108 valence electrons. The standard InChI is InChI=1S/C16H20O4/c1-18-14-7-8-16(13(11-14)5-4-9-17)20-12-15-6-2-3-10-19-15/h7-8,11,15,17H,2-3,6,9-10,12H2,1H3. The largest absolute Gasteiger partial charge is 0.497 e. The van der Waals surface area contributed by atoms with E-state index in [1.54, 1.807) is 13.2 Å². The Morgan fingerprint density at radius 2 is 2.30 bits per heavy atom. The van der Waals surface area contributed by atoms with Gasteiger partial charge in [-0.25, -0.2) is 0 Å². The van der Waals surface area contributed by atoms with E-state index >= 15 is 0 Å². The third kappa shape index (κ3) is 4.16. The van der Waals surface area contributed by atoms with Gasteiger partial charge in [0.15, 0.2) is 0 Å². The molecular formula is C16H20O4. The molecule has 0 aromatic heterocycles. The van der Waals surface area contributed by atoms with Crippen LogP contribution in [-0.2, 0) is 4.74 Å². The molecule has 0 radical (unpaired) electrons. The van der Waals surface area contributed by atoms with E-state index in [1.165, 1.54) is 6.42 Å². The Balaban J connectivity index is 2.05. The molecule has 1 atom stereocenters. The second kappa shape index (κ2) is 7.78. The van der Waals surface area contributed by atoms with Crippen LogP contribution in [0.4, 0.5) is 0 Å². The van der Waals surface area contributed by atoms with E-state index in [0.29, 0.717) is 23.7 Å². The third-order valence-corrected chi connectivity index (χ3v) is 3.19. The molecule has 0 bridgehead atoms. The summed E-state index contributed by atoms with van der Waals surface area (Å²) >= 11 is 0. The molecule has 20 heavy (non-hydrogen) atoms. The van der Waals surface area contributed by atoms with Gasteiger partial charge in [0.25, 0.3) is 0 Å². The zero-order valence-electron chi connectivity index (χ0n) is 11.7. The zero-order valence-corrected chi connectivity index (χ0v) is 11.7. The van der Waals surface area contributed by atoms with Gasteiger partial charge in [0.05, 0.1) is 18.8 Å². The summed E-state index contributed by atoms with van der Waals surface area (Å²) in [6, 6.07) is 5.48. The van der Waals surface area contributed by atoms with Crippen LogP contribution >= 0.6 is 0 Å². The molecule has 1 aliphatic rings. The lowest BCUT2D eigenvalue weighted by molar-refractivity contribution is -0.0111. The second-order valence-corrected chi connectivity index (χ2v) is 4.62. The Morgan fingerprint density at radius 3 is 3.00 bits per heavy atom. The highest BCUT2D eigenvalue weighted by molar-refractivity contribution is 5.50. The van der Waals surface area contributed by atoms with E-state index in [0.717, 1.165) is 19.4 Å². The summed E-state index contributed by atoms with van der Waals surface area (Å²) in [6.07, 6.45) is 3.51. The maximum Gasteiger partial charge on any atom is 0.135 e. The normalized spacial score (nSPS) is 18.0. The molecule has 2 rings (SSSR count). The van der Waals surface area contributed by atoms with Gasteiger partial charge in [-0.1, -0.05) is 11.8 Å². The van der Waals surface area contributed by atoms with Crippen LogP contribution < -0.4 is 9.47 Å². The number of methoxy groups -OCH3 is 1. The van der Waals surface area contributed by atoms with E-state index in [9.17, 15) is 0 Å². The molecule has 0 spiro atoms. The number of benzene rings is 1. The van der Waals surface area contributed by atoms with Gasteiger partial charge in [-0.2, -0.15) is 0 Å². The first-order chi connectivity index (χ1) is 9.83. The summed E-state index contributed by atoms with van der Waals surface area (Å²) in [5.41, 5.74) is 0.717. The average Bonchev–Trinajstić information content (AvgIpc) is 2.52. The highest BCUT2D eigenvalue weighted by Crippen LogP contribution is 2.24. The molecule has 1 aromatic carbocycles. The molecule has 1 aliphatic heterocycles. The van der Waals surface area contributed by atoms with Crippen molar-refractivity contribution >= 4 is 0 Å². The third-order valence-electron chi connectivity index (χ3n) is 3.19. The summed E-state index contributed by atoms with van der Waals surface area (Å²) in [5, 5.41) is 8.81. The van der Waals surface area contributed by atoms with Crippen molar-refractivity contribution in [1.82, 2.24) is 0 Å². The van der Waals surface area contributed by atoms with Gasteiger partial charge in [0, 0.05) is 6.61 Å².